The molecule has 0 spiro atoms. The summed E-state index contributed by atoms with van der Waals surface area (Å²) in [5.41, 5.74) is 2.31. The predicted octanol–water partition coefficient (Wildman–Crippen LogP) is -0.636. The molecular weight excluding hydrogens is 141 g/mol. The van der Waals surface area contributed by atoms with Crippen molar-refractivity contribution in [3.8, 4) is 0 Å². The third-order valence-electron chi connectivity index (χ3n) is 2.05. The molecule has 1 aromatic heterocycles. The molecule has 1 aromatic carbocycles. The molecule has 2 rings (SSSR count). The molecule has 0 amide bonds. The Morgan fingerprint density at radius 3 is 2.58 bits per heavy atom. The van der Waals surface area contributed by atoms with Crippen molar-refractivity contribution in [3.63, 3.8) is 0 Å². The Bertz CT molecular complexity index is 390. The van der Waals surface area contributed by atoms with Crippen LogP contribution in [0, 0.1) is 6.92 Å². The first-order valence-electron chi connectivity index (χ1n) is 3.65. The Hall–Kier alpha value is -0.773. The Morgan fingerprint density at radius 2 is 1.92 bits per heavy atom. The van der Waals surface area contributed by atoms with Crippen LogP contribution in [-0.2, 0) is 7.05 Å². The van der Waals surface area contributed by atoms with Crippen LogP contribution in [0.15, 0.2) is 30.3 Å². The van der Waals surface area contributed by atoms with Gasteiger partial charge in [-0.3, -0.25) is 0 Å². The van der Waals surface area contributed by atoms with Gasteiger partial charge in [0.15, 0.2) is 0 Å². The first kappa shape index (κ1) is 9.32. The molecular formula is C10H10LiN. The minimum Gasteiger partial charge on any atom is -0.380 e. The molecule has 0 saturated heterocycles. The number of fused-ring (bicyclic) bond motifs is 1. The normalized spacial score (nSPS) is 9.75. The smallest absolute Gasteiger partial charge is 0.380 e. The standard InChI is InChI=1S/C10H10N.Li/c1-8-7-9-5-3-4-6-10(9)11(8)2;/h3-7H,1H2,2H3;/q-1;+1. The van der Waals surface area contributed by atoms with Gasteiger partial charge in [-0.1, -0.05) is 23.6 Å². The Morgan fingerprint density at radius 1 is 1.25 bits per heavy atom. The second kappa shape index (κ2) is 3.31. The molecule has 0 fully saturated rings. The van der Waals surface area contributed by atoms with Gasteiger partial charge in [0.1, 0.15) is 0 Å². The quantitative estimate of drug-likeness (QED) is 0.349. The van der Waals surface area contributed by atoms with Crippen LogP contribution in [0.5, 0.6) is 0 Å². The van der Waals surface area contributed by atoms with E-state index in [1.165, 1.54) is 10.9 Å². The van der Waals surface area contributed by atoms with Gasteiger partial charge in [0.05, 0.1) is 0 Å². The van der Waals surface area contributed by atoms with Crippen molar-refractivity contribution in [1.82, 2.24) is 4.57 Å². The van der Waals surface area contributed by atoms with E-state index in [1.807, 2.05) is 19.2 Å². The summed E-state index contributed by atoms with van der Waals surface area (Å²) in [6.45, 7) is 3.92. The summed E-state index contributed by atoms with van der Waals surface area (Å²) >= 11 is 0. The van der Waals surface area contributed by atoms with E-state index in [2.05, 4.69) is 29.7 Å². The molecule has 0 atom stereocenters. The predicted molar refractivity (Wildman–Crippen MR) is 47.4 cm³/mol. The molecule has 0 radical (unpaired) electrons. The van der Waals surface area contributed by atoms with E-state index in [1.54, 1.807) is 0 Å². The minimum atomic E-state index is 0. The van der Waals surface area contributed by atoms with Gasteiger partial charge < -0.3 is 4.57 Å². The molecule has 2 heteroatoms. The third-order valence-corrected chi connectivity index (χ3v) is 2.05. The summed E-state index contributed by atoms with van der Waals surface area (Å²) in [5, 5.41) is 1.26. The maximum atomic E-state index is 3.92. The second-order valence-electron chi connectivity index (χ2n) is 2.75. The van der Waals surface area contributed by atoms with E-state index >= 15 is 0 Å². The molecule has 0 N–H and O–H groups in total. The SMILES string of the molecule is [CH2-]c1cc2ccccc2n1C.[Li+]. The van der Waals surface area contributed by atoms with Gasteiger partial charge in [0.2, 0.25) is 0 Å². The van der Waals surface area contributed by atoms with Crippen LogP contribution in [0.3, 0.4) is 0 Å². The van der Waals surface area contributed by atoms with Crippen LogP contribution < -0.4 is 18.9 Å². The molecule has 2 aromatic rings. The Kier molecular flexibility index (Phi) is 2.57. The number of aromatic nitrogens is 1. The van der Waals surface area contributed by atoms with Gasteiger partial charge in [-0.05, 0) is 6.07 Å². The second-order valence-corrected chi connectivity index (χ2v) is 2.75. The zero-order valence-corrected chi connectivity index (χ0v) is 7.54. The largest absolute Gasteiger partial charge is 1.00 e. The summed E-state index contributed by atoms with van der Waals surface area (Å²) < 4.78 is 2.09. The molecule has 0 saturated carbocycles. The third kappa shape index (κ3) is 1.26. The van der Waals surface area contributed by atoms with Gasteiger partial charge in [0, 0.05) is 12.6 Å². The van der Waals surface area contributed by atoms with E-state index in [0.29, 0.717) is 0 Å². The van der Waals surface area contributed by atoms with E-state index in [4.69, 9.17) is 0 Å². The fraction of sp³-hybridized carbons (Fsp3) is 0.100. The first-order chi connectivity index (χ1) is 5.29. The molecule has 1 heterocycles. The number of para-hydroxylation sites is 1. The number of benzene rings is 1. The summed E-state index contributed by atoms with van der Waals surface area (Å²) in [4.78, 5) is 0. The van der Waals surface area contributed by atoms with Crippen LogP contribution in [-0.4, -0.2) is 4.57 Å². The maximum absolute atomic E-state index is 3.92. The van der Waals surface area contributed by atoms with E-state index < -0.39 is 0 Å². The van der Waals surface area contributed by atoms with Crippen molar-refractivity contribution in [2.24, 2.45) is 7.05 Å². The van der Waals surface area contributed by atoms with Crippen LogP contribution in [0.25, 0.3) is 10.9 Å². The van der Waals surface area contributed by atoms with Crippen molar-refractivity contribution in [3.05, 3.63) is 42.9 Å². The van der Waals surface area contributed by atoms with Crippen molar-refractivity contribution in [1.29, 1.82) is 0 Å². The van der Waals surface area contributed by atoms with Crippen molar-refractivity contribution < 1.29 is 18.9 Å². The zero-order chi connectivity index (χ0) is 7.84. The van der Waals surface area contributed by atoms with Crippen molar-refractivity contribution >= 4 is 10.9 Å². The van der Waals surface area contributed by atoms with Gasteiger partial charge in [-0.25, -0.2) is 6.92 Å². The van der Waals surface area contributed by atoms with Crippen LogP contribution in [0.1, 0.15) is 5.69 Å². The average Bonchev–Trinajstić information content (AvgIpc) is 2.30. The van der Waals surface area contributed by atoms with Crippen molar-refractivity contribution in [2.75, 3.05) is 0 Å². The number of aryl methyl sites for hydroxylation is 1. The molecule has 0 bridgehead atoms. The molecule has 0 aliphatic carbocycles. The number of nitrogens with zero attached hydrogens (tertiary/aromatic N) is 1. The zero-order valence-electron chi connectivity index (χ0n) is 7.54. The summed E-state index contributed by atoms with van der Waals surface area (Å²) in [5.74, 6) is 0. The van der Waals surface area contributed by atoms with Crippen LogP contribution in [0.4, 0.5) is 0 Å². The summed E-state index contributed by atoms with van der Waals surface area (Å²) in [7, 11) is 2.03. The molecule has 0 aliphatic heterocycles. The maximum Gasteiger partial charge on any atom is 1.00 e. The number of rotatable bonds is 0. The molecule has 1 nitrogen and oxygen atoms in total. The summed E-state index contributed by atoms with van der Waals surface area (Å²) in [6.07, 6.45) is 0. The minimum absolute atomic E-state index is 0. The van der Waals surface area contributed by atoms with Crippen LogP contribution >= 0.6 is 0 Å². The Labute approximate surface area is 84.6 Å². The number of hydrogen-bond acceptors (Lipinski definition) is 0. The van der Waals surface area contributed by atoms with Crippen LogP contribution in [0.2, 0.25) is 0 Å². The fourth-order valence-corrected chi connectivity index (χ4v) is 1.35. The van der Waals surface area contributed by atoms with Gasteiger partial charge in [0.25, 0.3) is 0 Å². The van der Waals surface area contributed by atoms with Gasteiger partial charge >= 0.3 is 18.9 Å². The summed E-state index contributed by atoms with van der Waals surface area (Å²) in [6, 6.07) is 10.4. The number of hydrogen-bond donors (Lipinski definition) is 0. The molecule has 56 valence electrons. The van der Waals surface area contributed by atoms with Gasteiger partial charge in [-0.2, -0.15) is 6.07 Å². The topological polar surface area (TPSA) is 4.93 Å². The monoisotopic (exact) mass is 151 g/mol. The first-order valence-corrected chi connectivity index (χ1v) is 3.65. The van der Waals surface area contributed by atoms with Crippen molar-refractivity contribution in [2.45, 2.75) is 0 Å². The molecule has 12 heavy (non-hydrogen) atoms. The Balaban J connectivity index is 0.000000720. The molecule has 0 unspecified atom stereocenters. The fourth-order valence-electron chi connectivity index (χ4n) is 1.35. The average molecular weight is 151 g/mol. The van der Waals surface area contributed by atoms with E-state index in [9.17, 15) is 0 Å². The van der Waals surface area contributed by atoms with Gasteiger partial charge in [-0.15, -0.1) is 5.69 Å². The van der Waals surface area contributed by atoms with E-state index in [0.717, 1.165) is 5.69 Å². The molecule has 0 aliphatic rings. The van der Waals surface area contributed by atoms with E-state index in [-0.39, 0.29) is 18.9 Å².